The van der Waals surface area contributed by atoms with E-state index in [2.05, 4.69) is 20.1 Å². The van der Waals surface area contributed by atoms with Crippen molar-refractivity contribution in [3.8, 4) is 17.1 Å². The molecule has 0 aliphatic rings. The Hall–Kier alpha value is -4.35. The van der Waals surface area contributed by atoms with Crippen molar-refractivity contribution in [2.24, 2.45) is 0 Å². The Kier molecular flexibility index (Phi) is 5.73. The van der Waals surface area contributed by atoms with Crippen LogP contribution in [0.4, 0.5) is 18.9 Å². The number of carbonyl (C=O) groups excluding carboxylic acids is 2. The molecule has 0 atom stereocenters. The summed E-state index contributed by atoms with van der Waals surface area (Å²) in [5.74, 6) is -0.381. The van der Waals surface area contributed by atoms with Gasteiger partial charge in [0, 0.05) is 18.7 Å². The van der Waals surface area contributed by atoms with Crippen molar-refractivity contribution < 1.29 is 36.3 Å². The number of nitrogens with zero attached hydrogens (tertiary/aromatic N) is 3. The van der Waals surface area contributed by atoms with E-state index in [0.717, 1.165) is 18.5 Å². The van der Waals surface area contributed by atoms with Gasteiger partial charge < -0.3 is 18.9 Å². The second kappa shape index (κ2) is 8.65. The van der Waals surface area contributed by atoms with Gasteiger partial charge in [-0.05, 0) is 36.4 Å². The van der Waals surface area contributed by atoms with E-state index in [1.807, 2.05) is 0 Å². The number of furan rings is 1. The van der Waals surface area contributed by atoms with Crippen LogP contribution in [0.3, 0.4) is 0 Å². The summed E-state index contributed by atoms with van der Waals surface area (Å²) in [6.45, 7) is 1.64. The molecule has 0 saturated heterocycles. The molecule has 33 heavy (non-hydrogen) atoms. The molecule has 0 aliphatic carbocycles. The quantitative estimate of drug-likeness (QED) is 0.403. The number of halogens is 3. The van der Waals surface area contributed by atoms with Crippen LogP contribution in [0.15, 0.2) is 64.0 Å². The lowest BCUT2D eigenvalue weighted by Crippen LogP contribution is -2.17. The van der Waals surface area contributed by atoms with Crippen molar-refractivity contribution in [1.29, 1.82) is 0 Å². The first kappa shape index (κ1) is 21.9. The molecule has 0 radical (unpaired) electrons. The number of amides is 1. The van der Waals surface area contributed by atoms with Gasteiger partial charge in [-0.15, -0.1) is 13.2 Å². The Morgan fingerprint density at radius 1 is 1.15 bits per heavy atom. The Morgan fingerprint density at radius 2 is 1.91 bits per heavy atom. The molecule has 0 fully saturated rings. The van der Waals surface area contributed by atoms with Gasteiger partial charge in [0.2, 0.25) is 0 Å². The number of ketones is 1. The number of ether oxygens (including phenoxy) is 1. The molecule has 4 aromatic rings. The smallest absolute Gasteiger partial charge is 0.456 e. The highest BCUT2D eigenvalue weighted by Gasteiger charge is 2.31. The Bertz CT molecular complexity index is 1290. The number of anilines is 1. The molecule has 1 N–H and O–H groups in total. The summed E-state index contributed by atoms with van der Waals surface area (Å²) in [5, 5.41) is 6.75. The monoisotopic (exact) mass is 460 g/mol. The first-order chi connectivity index (χ1) is 15.7. The maximum Gasteiger partial charge on any atom is 0.573 e. The summed E-state index contributed by atoms with van der Waals surface area (Å²) in [6.07, 6.45) is -0.792. The van der Waals surface area contributed by atoms with E-state index >= 15 is 0 Å². The number of alkyl halides is 3. The Morgan fingerprint density at radius 3 is 2.58 bits per heavy atom. The third-order valence-corrected chi connectivity index (χ3v) is 4.35. The predicted octanol–water partition coefficient (Wildman–Crippen LogP) is 4.53. The maximum absolute atomic E-state index is 12.7. The molecule has 9 nitrogen and oxygen atoms in total. The van der Waals surface area contributed by atoms with Crippen LogP contribution in [0.25, 0.3) is 11.3 Å². The summed E-state index contributed by atoms with van der Waals surface area (Å²) in [5.41, 5.74) is 0.632. The number of Topliss-reactive ketones (excluding diaryl/α,β-unsaturated/α-hetero) is 1. The molecule has 1 amide bonds. The van der Waals surface area contributed by atoms with Crippen molar-refractivity contribution in [1.82, 2.24) is 14.8 Å². The molecule has 170 valence electrons. The fourth-order valence-electron chi connectivity index (χ4n) is 2.94. The van der Waals surface area contributed by atoms with Crippen molar-refractivity contribution in [2.75, 3.05) is 5.32 Å². The van der Waals surface area contributed by atoms with Crippen molar-refractivity contribution in [2.45, 2.75) is 19.8 Å². The van der Waals surface area contributed by atoms with Gasteiger partial charge in [-0.2, -0.15) is 5.10 Å². The minimum absolute atomic E-state index is 0.0654. The van der Waals surface area contributed by atoms with Crippen molar-refractivity contribution in [3.63, 3.8) is 0 Å². The van der Waals surface area contributed by atoms with Crippen molar-refractivity contribution >= 4 is 17.4 Å². The van der Waals surface area contributed by atoms with E-state index in [1.165, 1.54) is 29.9 Å². The lowest BCUT2D eigenvalue weighted by atomic mass is 10.1. The van der Waals surface area contributed by atoms with Gasteiger partial charge in [-0.3, -0.25) is 14.3 Å². The van der Waals surface area contributed by atoms with E-state index in [1.54, 1.807) is 18.3 Å². The number of nitrogens with one attached hydrogen (secondary N) is 1. The minimum atomic E-state index is -4.81. The molecule has 0 aliphatic heterocycles. The lowest BCUT2D eigenvalue weighted by molar-refractivity contribution is -0.274. The number of aromatic nitrogens is 3. The standard InChI is InChI=1S/C21H15F3N4O5/c1-12(29)17-7-6-16(32-17)10-28-9-14(8-26-28)27-20(30)18-19(31-11-25-18)13-2-4-15(5-3-13)33-21(22,23)24/h2-9,11H,10H2,1H3,(H,27,30). The second-order valence-electron chi connectivity index (χ2n) is 6.81. The van der Waals surface area contributed by atoms with E-state index in [9.17, 15) is 22.8 Å². The Balaban J connectivity index is 1.44. The minimum Gasteiger partial charge on any atom is -0.456 e. The predicted molar refractivity (Wildman–Crippen MR) is 107 cm³/mol. The van der Waals surface area contributed by atoms with Gasteiger partial charge in [0.05, 0.1) is 18.4 Å². The molecule has 12 heteroatoms. The number of hydrogen-bond donors (Lipinski definition) is 1. The van der Waals surface area contributed by atoms with E-state index in [0.29, 0.717) is 17.0 Å². The van der Waals surface area contributed by atoms with Crippen LogP contribution in [0.2, 0.25) is 0 Å². The van der Waals surface area contributed by atoms with Gasteiger partial charge >= 0.3 is 6.36 Å². The zero-order chi connectivity index (χ0) is 23.6. The number of carbonyl (C=O) groups is 2. The fourth-order valence-corrected chi connectivity index (χ4v) is 2.94. The van der Waals surface area contributed by atoms with Gasteiger partial charge in [0.15, 0.2) is 29.4 Å². The van der Waals surface area contributed by atoms with Crippen LogP contribution < -0.4 is 10.1 Å². The lowest BCUT2D eigenvalue weighted by Gasteiger charge is -2.09. The molecule has 0 bridgehead atoms. The molecular weight excluding hydrogens is 445 g/mol. The molecule has 4 rings (SSSR count). The van der Waals surface area contributed by atoms with Crippen LogP contribution in [-0.2, 0) is 6.54 Å². The molecule has 0 spiro atoms. The van der Waals surface area contributed by atoms with Crippen LogP contribution in [0.5, 0.6) is 5.75 Å². The van der Waals surface area contributed by atoms with E-state index in [4.69, 9.17) is 8.83 Å². The number of hydrogen-bond acceptors (Lipinski definition) is 7. The number of benzene rings is 1. The highest BCUT2D eigenvalue weighted by atomic mass is 19.4. The topological polar surface area (TPSA) is 112 Å². The first-order valence-corrected chi connectivity index (χ1v) is 9.41. The van der Waals surface area contributed by atoms with E-state index < -0.39 is 18.0 Å². The largest absolute Gasteiger partial charge is 0.573 e. The average Bonchev–Trinajstić information content (AvgIpc) is 3.48. The molecule has 0 saturated carbocycles. The normalized spacial score (nSPS) is 11.4. The SMILES string of the molecule is CC(=O)c1ccc(Cn2cc(NC(=O)c3ncoc3-c3ccc(OC(F)(F)F)cc3)cn2)o1. The van der Waals surface area contributed by atoms with Crippen LogP contribution in [0.1, 0.15) is 33.7 Å². The summed E-state index contributed by atoms with van der Waals surface area (Å²) in [7, 11) is 0. The zero-order valence-electron chi connectivity index (χ0n) is 16.9. The highest BCUT2D eigenvalue weighted by Crippen LogP contribution is 2.28. The summed E-state index contributed by atoms with van der Waals surface area (Å²) in [4.78, 5) is 27.9. The summed E-state index contributed by atoms with van der Waals surface area (Å²) >= 11 is 0. The zero-order valence-corrected chi connectivity index (χ0v) is 16.9. The van der Waals surface area contributed by atoms with E-state index in [-0.39, 0.29) is 29.5 Å². The van der Waals surface area contributed by atoms with Gasteiger partial charge in [-0.1, -0.05) is 0 Å². The molecule has 3 aromatic heterocycles. The number of oxazole rings is 1. The van der Waals surface area contributed by atoms with Crippen LogP contribution >= 0.6 is 0 Å². The molecule has 1 aromatic carbocycles. The maximum atomic E-state index is 12.7. The van der Waals surface area contributed by atoms with Gasteiger partial charge in [-0.25, -0.2) is 4.98 Å². The third-order valence-electron chi connectivity index (χ3n) is 4.35. The number of rotatable bonds is 7. The Labute approximate surface area is 183 Å². The van der Waals surface area contributed by atoms with Gasteiger partial charge in [0.25, 0.3) is 5.91 Å². The fraction of sp³-hybridized carbons (Fsp3) is 0.143. The first-order valence-electron chi connectivity index (χ1n) is 9.41. The van der Waals surface area contributed by atoms with Crippen LogP contribution in [-0.4, -0.2) is 32.8 Å². The molecule has 3 heterocycles. The average molecular weight is 460 g/mol. The van der Waals surface area contributed by atoms with Crippen molar-refractivity contribution in [3.05, 3.63) is 72.4 Å². The van der Waals surface area contributed by atoms with Crippen LogP contribution in [0, 0.1) is 0 Å². The second-order valence-corrected chi connectivity index (χ2v) is 6.81. The van der Waals surface area contributed by atoms with Gasteiger partial charge in [0.1, 0.15) is 11.5 Å². The third kappa shape index (κ3) is 5.29. The summed E-state index contributed by atoms with van der Waals surface area (Å²) in [6, 6.07) is 8.05. The summed E-state index contributed by atoms with van der Waals surface area (Å²) < 4.78 is 53.0. The molecular formula is C21H15F3N4O5. The molecule has 0 unspecified atom stereocenters. The highest BCUT2D eigenvalue weighted by molar-refractivity contribution is 6.06.